The lowest BCUT2D eigenvalue weighted by molar-refractivity contribution is -0.141. The van der Waals surface area contributed by atoms with Crippen LogP contribution < -0.4 is 10.6 Å². The van der Waals surface area contributed by atoms with Gasteiger partial charge in [-0.05, 0) is 75.8 Å². The van der Waals surface area contributed by atoms with Gasteiger partial charge in [0.25, 0.3) is 5.91 Å². The molecule has 2 aromatic rings. The van der Waals surface area contributed by atoms with Crippen molar-refractivity contribution in [3.05, 3.63) is 77.4 Å². The van der Waals surface area contributed by atoms with Crippen LogP contribution in [0.15, 0.2) is 55.1 Å². The Kier molecular flexibility index (Phi) is 10.1. The largest absolute Gasteiger partial charge is 0.444 e. The molecule has 200 valence electrons. The molecule has 2 N–H and O–H groups in total. The number of amides is 3. The topological polar surface area (TPSA) is 87.7 Å². The summed E-state index contributed by atoms with van der Waals surface area (Å²) in [4.78, 5) is 42.0. The summed E-state index contributed by atoms with van der Waals surface area (Å²) in [5, 5.41) is 5.73. The van der Waals surface area contributed by atoms with Gasteiger partial charge >= 0.3 is 6.09 Å². The van der Waals surface area contributed by atoms with E-state index in [9.17, 15) is 14.4 Å². The van der Waals surface area contributed by atoms with E-state index < -0.39 is 29.7 Å². The van der Waals surface area contributed by atoms with Gasteiger partial charge in [0, 0.05) is 12.2 Å². The highest BCUT2D eigenvalue weighted by atomic mass is 16.6. The third-order valence-corrected chi connectivity index (χ3v) is 6.12. The molecule has 3 amide bonds. The van der Waals surface area contributed by atoms with Gasteiger partial charge in [0.1, 0.15) is 17.7 Å². The number of hydrogen-bond acceptors (Lipinski definition) is 4. The molecular weight excluding hydrogens is 466 g/mol. The smallest absolute Gasteiger partial charge is 0.408 e. The lowest BCUT2D eigenvalue weighted by Crippen LogP contribution is -2.54. The lowest BCUT2D eigenvalue weighted by atomic mass is 9.94. The van der Waals surface area contributed by atoms with E-state index in [0.717, 1.165) is 16.7 Å². The maximum atomic E-state index is 14.0. The highest BCUT2D eigenvalue weighted by Crippen LogP contribution is 2.29. The number of nitrogens with zero attached hydrogens (tertiary/aromatic N) is 1. The highest BCUT2D eigenvalue weighted by molar-refractivity contribution is 5.99. The van der Waals surface area contributed by atoms with E-state index in [2.05, 4.69) is 17.2 Å². The Bertz CT molecular complexity index is 1130. The van der Waals surface area contributed by atoms with Crippen molar-refractivity contribution in [2.75, 3.05) is 11.9 Å². The molecule has 0 aromatic heterocycles. The molecule has 0 bridgehead atoms. The van der Waals surface area contributed by atoms with Crippen LogP contribution in [0.5, 0.6) is 0 Å². The van der Waals surface area contributed by atoms with Crippen molar-refractivity contribution in [2.24, 2.45) is 5.92 Å². The Labute approximate surface area is 221 Å². The molecular formula is C30H41N3O4. The molecule has 0 aliphatic heterocycles. The second kappa shape index (κ2) is 12.6. The number of para-hydroxylation sites is 1. The van der Waals surface area contributed by atoms with Gasteiger partial charge in [-0.25, -0.2) is 4.79 Å². The standard InChI is InChI=1S/C30H41N3O4/c1-10-18-33(28(35)25(19(2)3)32-29(36)37-30(7,8)9)26(23-16-13-15-20(4)22(23)6)27(34)31-24-17-12-11-14-21(24)5/h10-17,19,25-26H,1,18H2,2-9H3,(H,31,34)(H,32,36). The first-order chi connectivity index (χ1) is 17.3. The van der Waals surface area contributed by atoms with Crippen molar-refractivity contribution in [3.8, 4) is 0 Å². The Balaban J connectivity index is 2.57. The molecule has 2 atom stereocenters. The minimum atomic E-state index is -0.952. The van der Waals surface area contributed by atoms with E-state index in [1.807, 2.05) is 77.1 Å². The van der Waals surface area contributed by atoms with Gasteiger partial charge in [0.05, 0.1) is 0 Å². The minimum Gasteiger partial charge on any atom is -0.444 e. The van der Waals surface area contributed by atoms with Gasteiger partial charge in [-0.15, -0.1) is 6.58 Å². The van der Waals surface area contributed by atoms with E-state index in [4.69, 9.17) is 4.74 Å². The summed E-state index contributed by atoms with van der Waals surface area (Å²) >= 11 is 0. The Hall–Kier alpha value is -3.61. The average Bonchev–Trinajstić information content (AvgIpc) is 2.79. The number of benzene rings is 2. The molecule has 2 aromatic carbocycles. The zero-order valence-corrected chi connectivity index (χ0v) is 23.3. The van der Waals surface area contributed by atoms with E-state index >= 15 is 0 Å². The number of anilines is 1. The van der Waals surface area contributed by atoms with Crippen molar-refractivity contribution >= 4 is 23.6 Å². The highest BCUT2D eigenvalue weighted by Gasteiger charge is 2.37. The molecule has 0 fully saturated rings. The molecule has 37 heavy (non-hydrogen) atoms. The summed E-state index contributed by atoms with van der Waals surface area (Å²) in [6.07, 6.45) is 0.896. The number of alkyl carbamates (subject to hydrolysis) is 1. The number of carbonyl (C=O) groups is 3. The van der Waals surface area contributed by atoms with Crippen LogP contribution >= 0.6 is 0 Å². The van der Waals surface area contributed by atoms with Crippen LogP contribution in [0.2, 0.25) is 0 Å². The average molecular weight is 508 g/mol. The first-order valence-corrected chi connectivity index (χ1v) is 12.6. The van der Waals surface area contributed by atoms with Crippen molar-refractivity contribution < 1.29 is 19.1 Å². The van der Waals surface area contributed by atoms with Gasteiger partial charge in [-0.1, -0.05) is 56.3 Å². The normalized spacial score (nSPS) is 12.9. The quantitative estimate of drug-likeness (QED) is 0.417. The Morgan fingerprint density at radius 1 is 1.00 bits per heavy atom. The molecule has 0 heterocycles. The van der Waals surface area contributed by atoms with Crippen LogP contribution in [0.25, 0.3) is 0 Å². The van der Waals surface area contributed by atoms with Gasteiger partial charge < -0.3 is 20.3 Å². The first kappa shape index (κ1) is 29.6. The molecule has 0 saturated heterocycles. The van der Waals surface area contributed by atoms with Crippen molar-refractivity contribution in [1.29, 1.82) is 0 Å². The second-order valence-corrected chi connectivity index (χ2v) is 10.6. The molecule has 7 heteroatoms. The monoisotopic (exact) mass is 507 g/mol. The zero-order chi connectivity index (χ0) is 27.9. The van der Waals surface area contributed by atoms with E-state index in [0.29, 0.717) is 11.3 Å². The number of ether oxygens (including phenoxy) is 1. The maximum Gasteiger partial charge on any atom is 0.408 e. The first-order valence-electron chi connectivity index (χ1n) is 12.6. The van der Waals surface area contributed by atoms with Crippen LogP contribution in [0.4, 0.5) is 10.5 Å². The SMILES string of the molecule is C=CCN(C(=O)C(NC(=O)OC(C)(C)C)C(C)C)C(C(=O)Nc1ccccc1C)c1cccc(C)c1C. The predicted octanol–water partition coefficient (Wildman–Crippen LogP) is 5.86. The van der Waals surface area contributed by atoms with Gasteiger partial charge in [0.15, 0.2) is 0 Å². The van der Waals surface area contributed by atoms with Gasteiger partial charge in [-0.3, -0.25) is 9.59 Å². The third kappa shape index (κ3) is 7.94. The van der Waals surface area contributed by atoms with Crippen molar-refractivity contribution in [2.45, 2.75) is 73.1 Å². The fourth-order valence-electron chi connectivity index (χ4n) is 4.02. The van der Waals surface area contributed by atoms with Crippen LogP contribution in [-0.2, 0) is 14.3 Å². The number of carbonyl (C=O) groups excluding carboxylic acids is 3. The molecule has 0 radical (unpaired) electrons. The number of nitrogens with one attached hydrogen (secondary N) is 2. The number of aryl methyl sites for hydroxylation is 2. The molecule has 0 saturated carbocycles. The molecule has 0 aliphatic carbocycles. The molecule has 0 spiro atoms. The van der Waals surface area contributed by atoms with Crippen molar-refractivity contribution in [1.82, 2.24) is 10.2 Å². The number of hydrogen-bond donors (Lipinski definition) is 2. The van der Waals surface area contributed by atoms with Gasteiger partial charge in [-0.2, -0.15) is 0 Å². The maximum absolute atomic E-state index is 14.0. The minimum absolute atomic E-state index is 0.108. The van der Waals surface area contributed by atoms with Crippen molar-refractivity contribution in [3.63, 3.8) is 0 Å². The molecule has 2 unspecified atom stereocenters. The van der Waals surface area contributed by atoms with Crippen LogP contribution in [0, 0.1) is 26.7 Å². The second-order valence-electron chi connectivity index (χ2n) is 10.6. The predicted molar refractivity (Wildman–Crippen MR) is 148 cm³/mol. The number of rotatable bonds is 9. The summed E-state index contributed by atoms with van der Waals surface area (Å²) in [7, 11) is 0. The molecule has 7 nitrogen and oxygen atoms in total. The van der Waals surface area contributed by atoms with E-state index in [-0.39, 0.29) is 18.4 Å². The fourth-order valence-corrected chi connectivity index (χ4v) is 4.02. The zero-order valence-electron chi connectivity index (χ0n) is 23.3. The Morgan fingerprint density at radius 3 is 2.19 bits per heavy atom. The van der Waals surface area contributed by atoms with E-state index in [1.54, 1.807) is 26.8 Å². The Morgan fingerprint density at radius 2 is 1.62 bits per heavy atom. The fraction of sp³-hybridized carbons (Fsp3) is 0.433. The molecule has 2 rings (SSSR count). The summed E-state index contributed by atoms with van der Waals surface area (Å²) < 4.78 is 5.41. The summed E-state index contributed by atoms with van der Waals surface area (Å²) in [5.74, 6) is -1.00. The van der Waals surface area contributed by atoms with E-state index in [1.165, 1.54) is 4.90 Å². The summed E-state index contributed by atoms with van der Waals surface area (Å²) in [6.45, 7) is 18.7. The van der Waals surface area contributed by atoms with Gasteiger partial charge in [0.2, 0.25) is 5.91 Å². The summed E-state index contributed by atoms with van der Waals surface area (Å²) in [5.41, 5.74) is 3.48. The molecule has 0 aliphatic rings. The third-order valence-electron chi connectivity index (χ3n) is 6.12. The van der Waals surface area contributed by atoms with Crippen LogP contribution in [0.1, 0.15) is 62.9 Å². The van der Waals surface area contributed by atoms with Crippen LogP contribution in [0.3, 0.4) is 0 Å². The van der Waals surface area contributed by atoms with Crippen LogP contribution in [-0.4, -0.2) is 41.0 Å². The summed E-state index contributed by atoms with van der Waals surface area (Å²) in [6, 6.07) is 11.3. The lowest BCUT2D eigenvalue weighted by Gasteiger charge is -2.35.